The van der Waals surface area contributed by atoms with Gasteiger partial charge in [0.05, 0.1) is 58.3 Å². The first-order chi connectivity index (χ1) is 35.2. The molecule has 16 nitrogen and oxygen atoms in total. The summed E-state index contributed by atoms with van der Waals surface area (Å²) in [6, 6.07) is 18.2. The maximum Gasteiger partial charge on any atom is 0.257 e. The molecule has 7 heterocycles. The molecule has 2 amide bonds. The minimum absolute atomic E-state index is 0.0330. The maximum atomic E-state index is 16.8. The van der Waals surface area contributed by atoms with E-state index in [1.807, 2.05) is 0 Å². The highest BCUT2D eigenvalue weighted by Crippen LogP contribution is 2.42. The minimum atomic E-state index is -0.750. The zero-order chi connectivity index (χ0) is 51.2. The number of nitrogens with zero attached hydrogens (tertiary/aromatic N) is 12. The van der Waals surface area contributed by atoms with E-state index in [0.29, 0.717) is 92.3 Å². The zero-order valence-electron chi connectivity index (χ0n) is 40.0. The molecule has 2 fully saturated rings. The van der Waals surface area contributed by atoms with E-state index < -0.39 is 17.7 Å². The van der Waals surface area contributed by atoms with Crippen LogP contribution < -0.4 is 15.3 Å². The van der Waals surface area contributed by atoms with Gasteiger partial charge in [0.15, 0.2) is 5.82 Å². The predicted octanol–water partition coefficient (Wildman–Crippen LogP) is 9.18. The predicted molar refractivity (Wildman–Crippen MR) is 263 cm³/mol. The van der Waals surface area contributed by atoms with Crippen LogP contribution >= 0.6 is 23.5 Å². The van der Waals surface area contributed by atoms with Crippen molar-refractivity contribution in [3.8, 4) is 46.1 Å². The van der Waals surface area contributed by atoms with Crippen LogP contribution in [-0.4, -0.2) is 62.6 Å². The van der Waals surface area contributed by atoms with E-state index in [2.05, 4.69) is 49.1 Å². The zero-order valence-corrected chi connectivity index (χ0v) is 41.7. The maximum absolute atomic E-state index is 16.8. The molecule has 0 radical (unpaired) electrons. The van der Waals surface area contributed by atoms with Crippen molar-refractivity contribution in [1.82, 2.24) is 49.3 Å². The molecule has 0 bridgehead atoms. The van der Waals surface area contributed by atoms with Crippen LogP contribution in [0.2, 0.25) is 0 Å². The summed E-state index contributed by atoms with van der Waals surface area (Å²) >= 11 is 2.17. The van der Waals surface area contributed by atoms with Gasteiger partial charge < -0.3 is 10.6 Å². The third-order valence-corrected chi connectivity index (χ3v) is 15.9. The molecule has 8 aromatic rings. The lowest BCUT2D eigenvalue weighted by molar-refractivity contribution is -0.667. The van der Waals surface area contributed by atoms with Crippen LogP contribution in [0, 0.1) is 65.6 Å². The van der Waals surface area contributed by atoms with Gasteiger partial charge in [-0.05, 0) is 89.5 Å². The van der Waals surface area contributed by atoms with E-state index in [1.165, 1.54) is 54.8 Å². The number of hydrogen-bond donors (Lipinski definition) is 2. The van der Waals surface area contributed by atoms with Crippen molar-refractivity contribution in [3.05, 3.63) is 119 Å². The molecule has 0 saturated heterocycles. The number of carbonyl (C=O) groups excluding carboxylic acids is 2. The van der Waals surface area contributed by atoms with E-state index >= 15 is 13.2 Å². The number of rotatable bonds is 11. The molecule has 2 aliphatic carbocycles. The van der Waals surface area contributed by atoms with Crippen molar-refractivity contribution in [2.75, 3.05) is 0 Å². The van der Waals surface area contributed by atoms with Gasteiger partial charge in [-0.3, -0.25) is 19.0 Å². The highest BCUT2D eigenvalue weighted by Gasteiger charge is 2.32. The normalized spacial score (nSPS) is 17.8. The summed E-state index contributed by atoms with van der Waals surface area (Å²) in [4.78, 5) is 29.5. The number of nitriles is 3. The van der Waals surface area contributed by atoms with Gasteiger partial charge in [-0.2, -0.15) is 29.7 Å². The van der Waals surface area contributed by atoms with Gasteiger partial charge in [-0.15, -0.1) is 14.7 Å². The second-order valence-corrected chi connectivity index (χ2v) is 20.6. The van der Waals surface area contributed by atoms with Crippen molar-refractivity contribution < 1.29 is 27.4 Å². The van der Waals surface area contributed by atoms with Crippen LogP contribution in [0.5, 0.6) is 0 Å². The number of fused-ring (bicyclic) bond motifs is 2. The van der Waals surface area contributed by atoms with Crippen LogP contribution in [0.1, 0.15) is 105 Å². The van der Waals surface area contributed by atoms with Gasteiger partial charge in [0.2, 0.25) is 29.9 Å². The first kappa shape index (κ1) is 48.7. The molecule has 2 N–H and O–H groups in total. The Balaban J connectivity index is 1.03. The average Bonchev–Trinajstić information content (AvgIpc) is 4.13. The Morgan fingerprint density at radius 3 is 1.78 bits per heavy atom. The quantitative estimate of drug-likeness (QED) is 0.117. The number of pyridine rings is 3. The van der Waals surface area contributed by atoms with Gasteiger partial charge >= 0.3 is 0 Å². The highest BCUT2D eigenvalue weighted by atomic mass is 32.2. The van der Waals surface area contributed by atoms with E-state index in [9.17, 15) is 25.4 Å². The van der Waals surface area contributed by atoms with E-state index in [-0.39, 0.29) is 68.9 Å². The first-order valence-corrected chi connectivity index (χ1v) is 25.3. The highest BCUT2D eigenvalue weighted by molar-refractivity contribution is 7.99. The van der Waals surface area contributed by atoms with Crippen molar-refractivity contribution in [1.29, 1.82) is 15.8 Å². The SMILES string of the molecule is CC(=O)N[C@H]1CC[C@@H](n2nc(F)c(-c3cc(Sc4ncc(-[n+]5cc(C#N)c6c(Sc7ccccc7C#N)cc(-c7c(F)nn([C@H]8CC[C@@H](NC(C)=O)CC8)c7C)cn65)cc4F)c4c(C#N)cnn4c3)c2C)CC1. The summed E-state index contributed by atoms with van der Waals surface area (Å²) in [6.45, 7) is 6.57. The van der Waals surface area contributed by atoms with Crippen LogP contribution in [0.25, 0.3) is 39.0 Å². The number of aromatic nitrogens is 9. The molecule has 0 atom stereocenters. The number of carbonyl (C=O) groups is 2. The molecule has 0 aliphatic heterocycles. The molecule has 10 rings (SSSR count). The summed E-state index contributed by atoms with van der Waals surface area (Å²) in [5, 5.41) is 49.7. The summed E-state index contributed by atoms with van der Waals surface area (Å²) in [7, 11) is 0. The third-order valence-electron chi connectivity index (χ3n) is 13.8. The molecule has 1 aromatic carbocycles. The number of hydrogen-bond acceptors (Lipinski definition) is 11. The van der Waals surface area contributed by atoms with E-state index in [1.54, 1.807) is 81.2 Å². The molecule has 2 aliphatic rings. The molecule has 0 spiro atoms. The molecule has 7 aromatic heterocycles. The first-order valence-electron chi connectivity index (χ1n) is 23.7. The summed E-state index contributed by atoms with van der Waals surface area (Å²) in [5.41, 5.74) is 4.25. The molecule has 73 heavy (non-hydrogen) atoms. The molecule has 368 valence electrons. The summed E-state index contributed by atoms with van der Waals surface area (Å²) < 4.78 is 57.2. The van der Waals surface area contributed by atoms with Gasteiger partial charge in [0.25, 0.3) is 5.69 Å². The fraction of sp³-hybridized carbons (Fsp3) is 0.308. The fourth-order valence-corrected chi connectivity index (χ4v) is 12.5. The van der Waals surface area contributed by atoms with Gasteiger partial charge in [0, 0.05) is 69.3 Å². The van der Waals surface area contributed by atoms with Gasteiger partial charge in [-0.1, -0.05) is 40.3 Å². The second-order valence-electron chi connectivity index (χ2n) is 18.4. The Morgan fingerprint density at radius 2 is 1.23 bits per heavy atom. The van der Waals surface area contributed by atoms with Crippen LogP contribution in [-0.2, 0) is 9.59 Å². The summed E-state index contributed by atoms with van der Waals surface area (Å²) in [6.07, 6.45) is 13.3. The standard InChI is InChI=1S/C52H45F3N14O2S2/c1-28-46(50(54)63-68(28)39-13-9-37(10-14-39)61-30(3)70)33-17-44(48-35(21-57)23-60-65(48)25-33)73-52-42(53)19-41(24-59-52)66-27-36(22-58)49-45(72-43-8-6-5-7-32(43)20-56)18-34(26-67(49)66)47-29(2)69(64-51(47)55)40-15-11-38(12-16-40)62-31(4)71/h5-8,17-19,23-27,37-40H,9-16H2,1-4H3,(H-,61,62,70,71)/p+1/t37-,38-,39+,40+. The monoisotopic (exact) mass is 1020 g/mol. The van der Waals surface area contributed by atoms with Crippen molar-refractivity contribution in [2.45, 2.75) is 123 Å². The Kier molecular flexibility index (Phi) is 13.3. The Hall–Kier alpha value is -7.93. The lowest BCUT2D eigenvalue weighted by Crippen LogP contribution is -2.36. The second kappa shape index (κ2) is 19.9. The largest absolute Gasteiger partial charge is 0.354 e. The number of benzene rings is 1. The van der Waals surface area contributed by atoms with Crippen molar-refractivity contribution in [2.24, 2.45) is 0 Å². The van der Waals surface area contributed by atoms with Crippen LogP contribution in [0.4, 0.5) is 13.2 Å². The number of halogens is 3. The molecule has 2 saturated carbocycles. The smallest absolute Gasteiger partial charge is 0.257 e. The van der Waals surface area contributed by atoms with E-state index in [0.717, 1.165) is 24.6 Å². The molecule has 0 unspecified atom stereocenters. The van der Waals surface area contributed by atoms with E-state index in [4.69, 9.17) is 0 Å². The van der Waals surface area contributed by atoms with Crippen LogP contribution in [0.15, 0.2) is 93.2 Å². The fourth-order valence-electron chi connectivity index (χ4n) is 10.4. The lowest BCUT2D eigenvalue weighted by Gasteiger charge is -2.29. The van der Waals surface area contributed by atoms with Crippen molar-refractivity contribution in [3.63, 3.8) is 0 Å². The van der Waals surface area contributed by atoms with Crippen LogP contribution in [0.3, 0.4) is 0 Å². The molecular formula is C52H46F3N14O2S2+. The number of amides is 2. The van der Waals surface area contributed by atoms with Gasteiger partial charge in [0.1, 0.15) is 40.5 Å². The Labute approximate surface area is 425 Å². The Morgan fingerprint density at radius 1 is 0.685 bits per heavy atom. The Bertz CT molecular complexity index is 3650. The average molecular weight is 1020 g/mol. The third kappa shape index (κ3) is 9.28. The molecular weight excluding hydrogens is 974 g/mol. The minimum Gasteiger partial charge on any atom is -0.354 e. The number of nitrogens with one attached hydrogen (secondary N) is 2. The topological polar surface area (TPSA) is 204 Å². The lowest BCUT2D eigenvalue weighted by atomic mass is 9.91. The molecule has 21 heteroatoms. The van der Waals surface area contributed by atoms with Crippen molar-refractivity contribution >= 4 is 46.4 Å². The van der Waals surface area contributed by atoms with Gasteiger partial charge in [-0.25, -0.2) is 13.9 Å². The summed E-state index contributed by atoms with van der Waals surface area (Å²) in [5.74, 6) is -2.33.